The molecule has 0 fully saturated rings. The number of aromatic hydroxyl groups is 1. The van der Waals surface area contributed by atoms with Gasteiger partial charge < -0.3 is 10.1 Å². The molecule has 1 aliphatic heterocycles. The van der Waals surface area contributed by atoms with E-state index in [9.17, 15) is 5.11 Å². The van der Waals surface area contributed by atoms with Crippen LogP contribution in [0.25, 0.3) is 0 Å². The van der Waals surface area contributed by atoms with Crippen LogP contribution in [0.3, 0.4) is 0 Å². The lowest BCUT2D eigenvalue weighted by molar-refractivity contribution is 0.199. The second-order valence-electron chi connectivity index (χ2n) is 6.29. The van der Waals surface area contributed by atoms with Crippen LogP contribution in [0.2, 0.25) is 0 Å². The molecular formula is C19H21N5OS. The molecule has 0 saturated carbocycles. The highest BCUT2D eigenvalue weighted by Gasteiger charge is 2.31. The van der Waals surface area contributed by atoms with E-state index in [1.54, 1.807) is 24.2 Å². The smallest absolute Gasteiger partial charge is 0.187 e. The van der Waals surface area contributed by atoms with Crippen LogP contribution >= 0.6 is 11.8 Å². The van der Waals surface area contributed by atoms with E-state index in [-0.39, 0.29) is 11.8 Å². The molecule has 3 heterocycles. The number of phenolic OH excluding ortho intramolecular Hbond substituents is 1. The monoisotopic (exact) mass is 367 g/mol. The van der Waals surface area contributed by atoms with E-state index in [2.05, 4.69) is 31.8 Å². The van der Waals surface area contributed by atoms with Gasteiger partial charge in [-0.25, -0.2) is 15.0 Å². The Balaban J connectivity index is 1.63. The Bertz CT molecular complexity index is 880. The zero-order valence-electron chi connectivity index (χ0n) is 14.6. The van der Waals surface area contributed by atoms with Gasteiger partial charge in [-0.1, -0.05) is 30.8 Å². The highest BCUT2D eigenvalue weighted by Crippen LogP contribution is 2.35. The number of benzene rings is 1. The quantitative estimate of drug-likeness (QED) is 0.533. The molecule has 134 valence electrons. The van der Waals surface area contributed by atoms with E-state index in [1.165, 1.54) is 5.69 Å². The van der Waals surface area contributed by atoms with Gasteiger partial charge in [0.15, 0.2) is 5.16 Å². The van der Waals surface area contributed by atoms with E-state index in [0.717, 1.165) is 47.2 Å². The fraction of sp³-hybridized carbons (Fsp3) is 0.316. The number of aromatic nitrogens is 4. The first-order chi connectivity index (χ1) is 12.7. The van der Waals surface area contributed by atoms with Gasteiger partial charge in [-0.15, -0.1) is 0 Å². The molecule has 0 saturated heterocycles. The average Bonchev–Trinajstić information content (AvgIpc) is 3.12. The standard InChI is InChI=1S/C19H21N5OS/c1-2-26-19-20-9-13(10-21-19)11-24-7-6-16-17(23-12-22-16)18(24)14-4-3-5-15(25)8-14/h3-5,8-10,12,18,25H,2,6-7,11H2,1H3,(H,22,23)/t18-/m1/s1. The zero-order chi connectivity index (χ0) is 17.9. The number of hydrogen-bond donors (Lipinski definition) is 2. The largest absolute Gasteiger partial charge is 0.508 e. The first-order valence-electron chi connectivity index (χ1n) is 8.73. The summed E-state index contributed by atoms with van der Waals surface area (Å²) in [6, 6.07) is 7.43. The van der Waals surface area contributed by atoms with Crippen LogP contribution in [-0.4, -0.2) is 42.2 Å². The van der Waals surface area contributed by atoms with Crippen molar-refractivity contribution < 1.29 is 5.11 Å². The molecule has 1 atom stereocenters. The topological polar surface area (TPSA) is 77.9 Å². The number of H-pyrrole nitrogens is 1. The van der Waals surface area contributed by atoms with Crippen molar-refractivity contribution in [2.45, 2.75) is 31.1 Å². The van der Waals surface area contributed by atoms with Crippen LogP contribution in [0, 0.1) is 0 Å². The Morgan fingerprint density at radius 2 is 2.12 bits per heavy atom. The molecule has 0 radical (unpaired) electrons. The first kappa shape index (κ1) is 17.1. The zero-order valence-corrected chi connectivity index (χ0v) is 15.4. The third kappa shape index (κ3) is 3.45. The number of hydrogen-bond acceptors (Lipinski definition) is 6. The van der Waals surface area contributed by atoms with Crippen molar-refractivity contribution in [2.24, 2.45) is 0 Å². The number of thioether (sulfide) groups is 1. The van der Waals surface area contributed by atoms with Gasteiger partial charge in [0.1, 0.15) is 5.75 Å². The summed E-state index contributed by atoms with van der Waals surface area (Å²) >= 11 is 1.64. The van der Waals surface area contributed by atoms with Crippen molar-refractivity contribution in [2.75, 3.05) is 12.3 Å². The summed E-state index contributed by atoms with van der Waals surface area (Å²) < 4.78 is 0. The molecular weight excluding hydrogens is 346 g/mol. The molecule has 3 aromatic rings. The minimum absolute atomic E-state index is 0.00166. The minimum atomic E-state index is 0.00166. The second kappa shape index (κ2) is 7.47. The number of aromatic amines is 1. The predicted octanol–water partition coefficient (Wildman–Crippen LogP) is 3.17. The van der Waals surface area contributed by atoms with Gasteiger partial charge in [-0.3, -0.25) is 4.90 Å². The summed E-state index contributed by atoms with van der Waals surface area (Å²) in [6.45, 7) is 3.74. The molecule has 2 aromatic heterocycles. The average molecular weight is 367 g/mol. The Morgan fingerprint density at radius 1 is 1.27 bits per heavy atom. The van der Waals surface area contributed by atoms with Crippen LogP contribution in [-0.2, 0) is 13.0 Å². The van der Waals surface area contributed by atoms with Crippen LogP contribution in [0.5, 0.6) is 5.75 Å². The van der Waals surface area contributed by atoms with E-state index in [1.807, 2.05) is 30.6 Å². The minimum Gasteiger partial charge on any atom is -0.508 e. The van der Waals surface area contributed by atoms with Crippen molar-refractivity contribution in [1.82, 2.24) is 24.8 Å². The van der Waals surface area contributed by atoms with E-state index >= 15 is 0 Å². The van der Waals surface area contributed by atoms with Gasteiger partial charge in [0, 0.05) is 43.2 Å². The SMILES string of the molecule is CCSc1ncc(CN2CCc3[nH]cnc3[C@H]2c2cccc(O)c2)cn1. The van der Waals surface area contributed by atoms with Gasteiger partial charge in [0.05, 0.1) is 18.1 Å². The van der Waals surface area contributed by atoms with Crippen molar-refractivity contribution in [3.63, 3.8) is 0 Å². The molecule has 0 amide bonds. The maximum atomic E-state index is 9.93. The molecule has 0 aliphatic carbocycles. The summed E-state index contributed by atoms with van der Waals surface area (Å²) in [6.07, 6.45) is 6.49. The van der Waals surface area contributed by atoms with Crippen LogP contribution in [0.15, 0.2) is 48.1 Å². The number of phenols is 1. The summed E-state index contributed by atoms with van der Waals surface area (Å²) in [4.78, 5) is 19.1. The van der Waals surface area contributed by atoms with Gasteiger partial charge in [-0.05, 0) is 23.4 Å². The Labute approximate surface area is 156 Å². The number of nitrogens with zero attached hydrogens (tertiary/aromatic N) is 4. The van der Waals surface area contributed by atoms with E-state index in [4.69, 9.17) is 0 Å². The third-order valence-electron chi connectivity index (χ3n) is 4.55. The Hall–Kier alpha value is -2.38. The van der Waals surface area contributed by atoms with E-state index in [0.29, 0.717) is 0 Å². The molecule has 0 spiro atoms. The molecule has 4 rings (SSSR count). The summed E-state index contributed by atoms with van der Waals surface area (Å²) in [5.74, 6) is 1.24. The van der Waals surface area contributed by atoms with Gasteiger partial charge in [-0.2, -0.15) is 0 Å². The van der Waals surface area contributed by atoms with Crippen molar-refractivity contribution in [3.8, 4) is 5.75 Å². The number of nitrogens with one attached hydrogen (secondary N) is 1. The molecule has 6 nitrogen and oxygen atoms in total. The molecule has 2 N–H and O–H groups in total. The Morgan fingerprint density at radius 3 is 2.88 bits per heavy atom. The molecule has 0 unspecified atom stereocenters. The highest BCUT2D eigenvalue weighted by molar-refractivity contribution is 7.99. The lowest BCUT2D eigenvalue weighted by atomic mass is 9.95. The molecule has 7 heteroatoms. The first-order valence-corrected chi connectivity index (χ1v) is 9.72. The summed E-state index contributed by atoms with van der Waals surface area (Å²) in [5, 5.41) is 10.7. The molecule has 0 bridgehead atoms. The van der Waals surface area contributed by atoms with Crippen LogP contribution in [0.4, 0.5) is 0 Å². The van der Waals surface area contributed by atoms with Gasteiger partial charge in [0.25, 0.3) is 0 Å². The fourth-order valence-corrected chi connectivity index (χ4v) is 3.93. The lowest BCUT2D eigenvalue weighted by Gasteiger charge is -2.35. The number of imidazole rings is 1. The van der Waals surface area contributed by atoms with E-state index < -0.39 is 0 Å². The highest BCUT2D eigenvalue weighted by atomic mass is 32.2. The van der Waals surface area contributed by atoms with Crippen molar-refractivity contribution >= 4 is 11.8 Å². The predicted molar refractivity (Wildman–Crippen MR) is 101 cm³/mol. The number of rotatable bonds is 5. The number of fused-ring (bicyclic) bond motifs is 1. The molecule has 1 aromatic carbocycles. The fourth-order valence-electron chi connectivity index (χ4n) is 3.42. The maximum Gasteiger partial charge on any atom is 0.187 e. The van der Waals surface area contributed by atoms with Gasteiger partial charge >= 0.3 is 0 Å². The second-order valence-corrected chi connectivity index (χ2v) is 7.52. The maximum absolute atomic E-state index is 9.93. The normalized spacial score (nSPS) is 17.2. The van der Waals surface area contributed by atoms with Crippen LogP contribution in [0.1, 0.15) is 35.5 Å². The van der Waals surface area contributed by atoms with Crippen molar-refractivity contribution in [3.05, 3.63) is 65.5 Å². The molecule has 1 aliphatic rings. The van der Waals surface area contributed by atoms with Crippen molar-refractivity contribution in [1.29, 1.82) is 0 Å². The van der Waals surface area contributed by atoms with Crippen LogP contribution < -0.4 is 0 Å². The molecule has 26 heavy (non-hydrogen) atoms. The lowest BCUT2D eigenvalue weighted by Crippen LogP contribution is -2.35. The third-order valence-corrected chi connectivity index (χ3v) is 5.31. The Kier molecular flexibility index (Phi) is 4.90. The summed E-state index contributed by atoms with van der Waals surface area (Å²) in [5.41, 5.74) is 4.31. The summed E-state index contributed by atoms with van der Waals surface area (Å²) in [7, 11) is 0. The van der Waals surface area contributed by atoms with Gasteiger partial charge in [0.2, 0.25) is 0 Å².